The molecule has 0 atom stereocenters. The second kappa shape index (κ2) is 5.23. The number of hydrogen-bond acceptors (Lipinski definition) is 3. The van der Waals surface area contributed by atoms with Crippen LogP contribution < -0.4 is 5.48 Å². The summed E-state index contributed by atoms with van der Waals surface area (Å²) in [5, 5.41) is 8.40. The molecule has 4 heteroatoms. The summed E-state index contributed by atoms with van der Waals surface area (Å²) in [6.07, 6.45) is 1.79. The number of carbonyl (C=O) groups is 1. The van der Waals surface area contributed by atoms with Gasteiger partial charge in [0.05, 0.1) is 6.42 Å². The van der Waals surface area contributed by atoms with Crippen molar-refractivity contribution in [1.82, 2.24) is 10.5 Å². The van der Waals surface area contributed by atoms with Crippen LogP contribution in [0, 0.1) is 0 Å². The van der Waals surface area contributed by atoms with E-state index in [1.165, 1.54) is 0 Å². The molecule has 4 nitrogen and oxygen atoms in total. The monoisotopic (exact) mass is 228 g/mol. The Labute approximate surface area is 98.9 Å². The maximum atomic E-state index is 10.9. The van der Waals surface area contributed by atoms with E-state index >= 15 is 0 Å². The second-order valence-electron chi connectivity index (χ2n) is 3.62. The first kappa shape index (κ1) is 11.3. The molecule has 2 aromatic rings. The van der Waals surface area contributed by atoms with Crippen molar-refractivity contribution in [3.63, 3.8) is 0 Å². The lowest BCUT2D eigenvalue weighted by molar-refractivity contribution is -0.128. The van der Waals surface area contributed by atoms with Crippen LogP contribution in [0.3, 0.4) is 0 Å². The van der Waals surface area contributed by atoms with Gasteiger partial charge in [0.1, 0.15) is 0 Å². The Hall–Kier alpha value is -2.20. The lowest BCUT2D eigenvalue weighted by Gasteiger charge is -2.02. The van der Waals surface area contributed by atoms with Crippen LogP contribution in [-0.4, -0.2) is 16.1 Å². The van der Waals surface area contributed by atoms with Gasteiger partial charge in [0.15, 0.2) is 0 Å². The van der Waals surface area contributed by atoms with E-state index in [-0.39, 0.29) is 6.42 Å². The highest BCUT2D eigenvalue weighted by atomic mass is 16.5. The van der Waals surface area contributed by atoms with Gasteiger partial charge in [0.25, 0.3) is 0 Å². The zero-order chi connectivity index (χ0) is 12.1. The van der Waals surface area contributed by atoms with Crippen molar-refractivity contribution in [1.29, 1.82) is 0 Å². The van der Waals surface area contributed by atoms with Crippen LogP contribution in [0.1, 0.15) is 5.69 Å². The van der Waals surface area contributed by atoms with Crippen molar-refractivity contribution in [3.8, 4) is 11.1 Å². The van der Waals surface area contributed by atoms with Crippen molar-refractivity contribution >= 4 is 5.91 Å². The number of carbonyl (C=O) groups excluding carboxylic acids is 1. The van der Waals surface area contributed by atoms with Crippen LogP contribution in [0.4, 0.5) is 0 Å². The average molecular weight is 228 g/mol. The molecule has 0 aliphatic heterocycles. The van der Waals surface area contributed by atoms with Gasteiger partial charge in [-0.3, -0.25) is 15.0 Å². The molecule has 1 aromatic carbocycles. The maximum Gasteiger partial charge on any atom is 0.249 e. The Kier molecular flexibility index (Phi) is 3.47. The van der Waals surface area contributed by atoms with E-state index in [1.54, 1.807) is 17.7 Å². The molecule has 86 valence electrons. The number of benzene rings is 1. The highest BCUT2D eigenvalue weighted by molar-refractivity contribution is 5.77. The number of nitrogens with zero attached hydrogens (tertiary/aromatic N) is 1. The highest BCUT2D eigenvalue weighted by Gasteiger charge is 2.03. The fourth-order valence-corrected chi connectivity index (χ4v) is 1.53. The summed E-state index contributed by atoms with van der Waals surface area (Å²) in [4.78, 5) is 15.1. The fourth-order valence-electron chi connectivity index (χ4n) is 1.53. The van der Waals surface area contributed by atoms with E-state index < -0.39 is 5.91 Å². The predicted octanol–water partition coefficient (Wildman–Crippen LogP) is 1.80. The van der Waals surface area contributed by atoms with Crippen molar-refractivity contribution in [2.75, 3.05) is 0 Å². The normalized spacial score (nSPS) is 9.94. The number of pyridine rings is 1. The van der Waals surface area contributed by atoms with Crippen LogP contribution in [0.2, 0.25) is 0 Å². The Bertz CT molecular complexity index is 495. The summed E-state index contributed by atoms with van der Waals surface area (Å²) in [7, 11) is 0. The van der Waals surface area contributed by atoms with Crippen molar-refractivity contribution in [2.24, 2.45) is 0 Å². The summed E-state index contributed by atoms with van der Waals surface area (Å²) in [5.41, 5.74) is 4.28. The number of amides is 1. The molecule has 0 spiro atoms. The SMILES string of the molecule is O=C(Cc1ccc(-c2ccccc2)cn1)NO. The Morgan fingerprint density at radius 3 is 2.47 bits per heavy atom. The number of rotatable bonds is 3. The summed E-state index contributed by atoms with van der Waals surface area (Å²) in [6.45, 7) is 0. The fraction of sp³-hybridized carbons (Fsp3) is 0.0769. The molecule has 0 saturated carbocycles. The van der Waals surface area contributed by atoms with E-state index in [0.717, 1.165) is 11.1 Å². The summed E-state index contributed by atoms with van der Waals surface area (Å²) in [6, 6.07) is 13.6. The Balaban J connectivity index is 2.16. The molecule has 0 fully saturated rings. The minimum absolute atomic E-state index is 0.0750. The first-order valence-electron chi connectivity index (χ1n) is 5.23. The van der Waals surface area contributed by atoms with Crippen LogP contribution in [0.15, 0.2) is 48.7 Å². The van der Waals surface area contributed by atoms with Gasteiger partial charge in [-0.15, -0.1) is 0 Å². The highest BCUT2D eigenvalue weighted by Crippen LogP contribution is 2.17. The molecule has 2 rings (SSSR count). The maximum absolute atomic E-state index is 10.9. The number of aromatic nitrogens is 1. The van der Waals surface area contributed by atoms with E-state index in [0.29, 0.717) is 5.69 Å². The first-order valence-corrected chi connectivity index (χ1v) is 5.23. The molecule has 0 radical (unpaired) electrons. The third-order valence-electron chi connectivity index (χ3n) is 2.40. The van der Waals surface area contributed by atoms with Gasteiger partial charge in [-0.25, -0.2) is 5.48 Å². The van der Waals surface area contributed by atoms with Crippen molar-refractivity contribution in [3.05, 3.63) is 54.4 Å². The minimum atomic E-state index is -0.468. The lowest BCUT2D eigenvalue weighted by Crippen LogP contribution is -2.21. The predicted molar refractivity (Wildman–Crippen MR) is 63.3 cm³/mol. The van der Waals surface area contributed by atoms with Gasteiger partial charge < -0.3 is 0 Å². The van der Waals surface area contributed by atoms with Crippen LogP contribution in [0.5, 0.6) is 0 Å². The molecule has 1 heterocycles. The molecule has 1 aromatic heterocycles. The van der Waals surface area contributed by atoms with Crippen LogP contribution >= 0.6 is 0 Å². The summed E-state index contributed by atoms with van der Waals surface area (Å²) < 4.78 is 0. The molecular formula is C13H12N2O2. The standard InChI is InChI=1S/C13H12N2O2/c16-13(15-17)8-12-7-6-11(9-14-12)10-4-2-1-3-5-10/h1-7,9,17H,8H2,(H,15,16). The molecule has 0 bridgehead atoms. The zero-order valence-electron chi connectivity index (χ0n) is 9.13. The minimum Gasteiger partial charge on any atom is -0.289 e. The molecule has 0 aliphatic rings. The van der Waals surface area contributed by atoms with Gasteiger partial charge in [0, 0.05) is 17.5 Å². The van der Waals surface area contributed by atoms with Crippen molar-refractivity contribution < 1.29 is 10.0 Å². The van der Waals surface area contributed by atoms with Crippen molar-refractivity contribution in [2.45, 2.75) is 6.42 Å². The van der Waals surface area contributed by atoms with E-state index in [2.05, 4.69) is 4.98 Å². The smallest absolute Gasteiger partial charge is 0.249 e. The Morgan fingerprint density at radius 2 is 1.88 bits per heavy atom. The van der Waals surface area contributed by atoms with Gasteiger partial charge >= 0.3 is 0 Å². The number of hydroxylamine groups is 1. The summed E-state index contributed by atoms with van der Waals surface area (Å²) >= 11 is 0. The molecular weight excluding hydrogens is 216 g/mol. The summed E-state index contributed by atoms with van der Waals surface area (Å²) in [5.74, 6) is -0.468. The van der Waals surface area contributed by atoms with E-state index in [9.17, 15) is 4.79 Å². The quantitative estimate of drug-likeness (QED) is 0.622. The van der Waals surface area contributed by atoms with Crippen LogP contribution in [0.25, 0.3) is 11.1 Å². The zero-order valence-corrected chi connectivity index (χ0v) is 9.13. The first-order chi connectivity index (χ1) is 8.29. The van der Waals surface area contributed by atoms with E-state index in [4.69, 9.17) is 5.21 Å². The third kappa shape index (κ3) is 2.89. The Morgan fingerprint density at radius 1 is 1.12 bits per heavy atom. The molecule has 0 saturated heterocycles. The molecule has 1 amide bonds. The third-order valence-corrected chi connectivity index (χ3v) is 2.40. The second-order valence-corrected chi connectivity index (χ2v) is 3.62. The molecule has 2 N–H and O–H groups in total. The number of hydrogen-bond donors (Lipinski definition) is 2. The average Bonchev–Trinajstić information content (AvgIpc) is 2.40. The number of nitrogens with one attached hydrogen (secondary N) is 1. The van der Waals surface area contributed by atoms with Gasteiger partial charge in [-0.05, 0) is 11.6 Å². The lowest BCUT2D eigenvalue weighted by atomic mass is 10.1. The van der Waals surface area contributed by atoms with Gasteiger partial charge in [0.2, 0.25) is 5.91 Å². The molecule has 0 aliphatic carbocycles. The molecule has 0 unspecified atom stereocenters. The largest absolute Gasteiger partial charge is 0.289 e. The van der Waals surface area contributed by atoms with Gasteiger partial charge in [-0.2, -0.15) is 0 Å². The van der Waals surface area contributed by atoms with Gasteiger partial charge in [-0.1, -0.05) is 36.4 Å². The topological polar surface area (TPSA) is 62.2 Å². The van der Waals surface area contributed by atoms with Crippen LogP contribution in [-0.2, 0) is 11.2 Å². The van der Waals surface area contributed by atoms with E-state index in [1.807, 2.05) is 36.4 Å². The molecule has 17 heavy (non-hydrogen) atoms.